The van der Waals surface area contributed by atoms with Gasteiger partial charge in [0.25, 0.3) is 0 Å². The number of phenols is 1. The predicted octanol–water partition coefficient (Wildman–Crippen LogP) is 3.28. The van der Waals surface area contributed by atoms with Crippen molar-refractivity contribution in [1.82, 2.24) is 0 Å². The first-order chi connectivity index (χ1) is 22.0. The number of aromatic hydroxyl groups is 1. The van der Waals surface area contributed by atoms with E-state index in [-0.39, 0.29) is 40.7 Å². The molecule has 2 aromatic carbocycles. The van der Waals surface area contributed by atoms with E-state index in [1.54, 1.807) is 13.0 Å². The zero-order valence-corrected chi connectivity index (χ0v) is 26.1. The van der Waals surface area contributed by atoms with Crippen molar-refractivity contribution in [2.24, 2.45) is 23.7 Å². The van der Waals surface area contributed by atoms with Crippen molar-refractivity contribution < 1.29 is 54.1 Å². The Hall–Kier alpha value is -3.32. The molecule has 3 heterocycles. The summed E-state index contributed by atoms with van der Waals surface area (Å²) in [5.41, 5.74) is 2.55. The van der Waals surface area contributed by atoms with Crippen LogP contribution in [0.5, 0.6) is 11.5 Å². The van der Waals surface area contributed by atoms with Crippen LogP contribution in [0.3, 0.4) is 0 Å². The fourth-order valence-electron chi connectivity index (χ4n) is 8.92. The van der Waals surface area contributed by atoms with E-state index >= 15 is 0 Å². The van der Waals surface area contributed by atoms with E-state index in [1.165, 1.54) is 30.2 Å². The number of carbonyl (C=O) groups is 2. The number of aliphatic hydroxyl groups is 3. The van der Waals surface area contributed by atoms with E-state index < -0.39 is 54.3 Å². The molecular formula is C35H40O11. The third-order valence-electron chi connectivity index (χ3n) is 11.1. The summed E-state index contributed by atoms with van der Waals surface area (Å²) < 4.78 is 24.7. The fourth-order valence-corrected chi connectivity index (χ4v) is 8.92. The molecule has 0 aromatic heterocycles. The van der Waals surface area contributed by atoms with Gasteiger partial charge in [-0.2, -0.15) is 0 Å². The zero-order chi connectivity index (χ0) is 32.7. The van der Waals surface area contributed by atoms with Crippen LogP contribution in [0.25, 0.3) is 10.8 Å². The second kappa shape index (κ2) is 11.4. The summed E-state index contributed by atoms with van der Waals surface area (Å²) in [7, 11) is 0. The number of benzene rings is 2. The number of carboxylic acids is 1. The summed E-state index contributed by atoms with van der Waals surface area (Å²) in [6, 6.07) is 4.09. The molecule has 1 spiro atoms. The number of aryl methyl sites for hydroxylation is 1. The van der Waals surface area contributed by atoms with Gasteiger partial charge in [-0.15, -0.1) is 0 Å². The quantitative estimate of drug-likeness (QED) is 0.305. The topological polar surface area (TPSA) is 172 Å². The minimum absolute atomic E-state index is 0.00366. The maximum Gasteiger partial charge on any atom is 0.335 e. The molecule has 246 valence electrons. The average Bonchev–Trinajstić information content (AvgIpc) is 3.37. The molecule has 7 rings (SSSR count). The van der Waals surface area contributed by atoms with Crippen molar-refractivity contribution in [3.05, 3.63) is 57.7 Å². The Bertz CT molecular complexity index is 1670. The Kier molecular flexibility index (Phi) is 7.77. The summed E-state index contributed by atoms with van der Waals surface area (Å²) in [6.07, 6.45) is -1.66. The van der Waals surface area contributed by atoms with Crippen molar-refractivity contribution in [3.8, 4) is 11.5 Å². The average molecular weight is 637 g/mol. The standard InChI is InChI=1S/C35H40O11/c1-15-8-19-9-20(33(41)42)10-25(29(19)30(38)27(15)17(3)37)45-34-31(39)32(40)35(26(12-36)46-34)11-23-16(2)21-6-7-43-14-24(21)22-5-4-18(13-44-35)28(22)23/h5,8-10,16,21,23-24,26,31-32,34,36,38-40H,4,6-7,11-14H2,1-3H3,(H,41,42)/t16-,21+,23-,24-,26+,31+,32+,34-,35-/m0/s1. The molecule has 2 aliphatic carbocycles. The number of allylic oxidation sites excluding steroid dienone is 2. The molecule has 5 N–H and O–H groups in total. The van der Waals surface area contributed by atoms with Crippen LogP contribution in [0, 0.1) is 30.6 Å². The second-order valence-electron chi connectivity index (χ2n) is 13.5. The lowest BCUT2D eigenvalue weighted by atomic mass is 9.58. The molecule has 0 unspecified atom stereocenters. The van der Waals surface area contributed by atoms with Gasteiger partial charge >= 0.3 is 5.97 Å². The summed E-state index contributed by atoms with van der Waals surface area (Å²) in [5, 5.41) is 55.5. The van der Waals surface area contributed by atoms with Gasteiger partial charge in [0.15, 0.2) is 5.78 Å². The Labute approximate surface area is 266 Å². The van der Waals surface area contributed by atoms with Crippen molar-refractivity contribution in [1.29, 1.82) is 0 Å². The smallest absolute Gasteiger partial charge is 0.335 e. The summed E-state index contributed by atoms with van der Waals surface area (Å²) in [6.45, 7) is 6.20. The third-order valence-corrected chi connectivity index (χ3v) is 11.1. The number of hydrogen-bond acceptors (Lipinski definition) is 10. The molecule has 11 heteroatoms. The number of carboxylic acid groups (broad SMARTS) is 1. The van der Waals surface area contributed by atoms with Crippen LogP contribution in [-0.4, -0.2) is 93.9 Å². The van der Waals surface area contributed by atoms with Gasteiger partial charge in [0.1, 0.15) is 35.4 Å². The van der Waals surface area contributed by atoms with Crippen LogP contribution < -0.4 is 4.74 Å². The molecule has 3 fully saturated rings. The molecule has 2 aromatic rings. The van der Waals surface area contributed by atoms with Gasteiger partial charge in [-0.05, 0) is 90.7 Å². The van der Waals surface area contributed by atoms with Gasteiger partial charge in [-0.1, -0.05) is 19.1 Å². The molecule has 46 heavy (non-hydrogen) atoms. The molecule has 5 aliphatic rings. The number of carbonyl (C=O) groups excluding carboxylic acids is 1. The van der Waals surface area contributed by atoms with Crippen LogP contribution in [-0.2, 0) is 14.2 Å². The lowest BCUT2D eigenvalue weighted by Crippen LogP contribution is -2.69. The number of ketones is 1. The minimum atomic E-state index is -1.68. The van der Waals surface area contributed by atoms with Crippen LogP contribution in [0.15, 0.2) is 41.0 Å². The van der Waals surface area contributed by atoms with E-state index in [0.29, 0.717) is 42.4 Å². The number of aliphatic hydroxyl groups excluding tert-OH is 3. The molecule has 1 saturated carbocycles. The second-order valence-corrected chi connectivity index (χ2v) is 13.5. The van der Waals surface area contributed by atoms with E-state index in [0.717, 1.165) is 18.4 Å². The van der Waals surface area contributed by atoms with Crippen molar-refractivity contribution >= 4 is 22.5 Å². The van der Waals surface area contributed by atoms with Crippen LogP contribution in [0.1, 0.15) is 59.4 Å². The monoisotopic (exact) mass is 636 g/mol. The highest BCUT2D eigenvalue weighted by Gasteiger charge is 2.61. The largest absolute Gasteiger partial charge is 0.506 e. The first kappa shape index (κ1) is 31.3. The Balaban J connectivity index is 1.24. The van der Waals surface area contributed by atoms with Crippen LogP contribution in [0.4, 0.5) is 0 Å². The van der Waals surface area contributed by atoms with Gasteiger partial charge in [0.05, 0.1) is 36.3 Å². The number of phenolic OH excluding ortho intramolecular Hbond substituents is 1. The van der Waals surface area contributed by atoms with Crippen LogP contribution >= 0.6 is 0 Å². The number of ether oxygens (including phenoxy) is 4. The number of hydrogen-bond donors (Lipinski definition) is 5. The predicted molar refractivity (Wildman–Crippen MR) is 164 cm³/mol. The summed E-state index contributed by atoms with van der Waals surface area (Å²) in [5.74, 6) is -1.28. The summed E-state index contributed by atoms with van der Waals surface area (Å²) in [4.78, 5) is 24.4. The maximum absolute atomic E-state index is 12.4. The fraction of sp³-hybridized carbons (Fsp3) is 0.543. The van der Waals surface area contributed by atoms with Gasteiger partial charge in [0, 0.05) is 12.5 Å². The van der Waals surface area contributed by atoms with Gasteiger partial charge in [-0.25, -0.2) is 4.79 Å². The summed E-state index contributed by atoms with van der Waals surface area (Å²) >= 11 is 0. The molecule has 2 saturated heterocycles. The van der Waals surface area contributed by atoms with Crippen molar-refractivity contribution in [2.75, 3.05) is 26.4 Å². The molecule has 11 nitrogen and oxygen atoms in total. The number of Topliss-reactive ketones (excluding diaryl/α,β-unsaturated/α-hetero) is 1. The minimum Gasteiger partial charge on any atom is -0.506 e. The highest BCUT2D eigenvalue weighted by molar-refractivity contribution is 6.08. The van der Waals surface area contributed by atoms with E-state index in [9.17, 15) is 35.1 Å². The lowest BCUT2D eigenvalue weighted by Gasteiger charge is -2.53. The SMILES string of the molecule is CC(=O)c1c(C)cc2cc(C(=O)O)cc(O[C@H]3O[C@H](CO)[C@@]4(C[C@@H]5C6=C(CC=C6[C@H]6COCC[C@@H]6[C@@H]5C)CO4)[C@H](O)[C@H]3O)c2c1O. The molecule has 9 atom stereocenters. The maximum atomic E-state index is 12.4. The molecule has 0 bridgehead atoms. The number of rotatable bonds is 5. The molecule has 3 aliphatic heterocycles. The number of fused-ring (bicyclic) bond motifs is 3. The Morgan fingerprint density at radius 3 is 2.65 bits per heavy atom. The first-order valence-electron chi connectivity index (χ1n) is 15.9. The third kappa shape index (κ3) is 4.63. The Morgan fingerprint density at radius 1 is 1.15 bits per heavy atom. The zero-order valence-electron chi connectivity index (χ0n) is 26.1. The molecule has 0 radical (unpaired) electrons. The highest BCUT2D eigenvalue weighted by atomic mass is 16.7. The van der Waals surface area contributed by atoms with Crippen molar-refractivity contribution in [3.63, 3.8) is 0 Å². The first-order valence-corrected chi connectivity index (χ1v) is 15.9. The van der Waals surface area contributed by atoms with E-state index in [4.69, 9.17) is 18.9 Å². The van der Waals surface area contributed by atoms with E-state index in [1.807, 2.05) is 0 Å². The van der Waals surface area contributed by atoms with Gasteiger partial charge < -0.3 is 44.5 Å². The van der Waals surface area contributed by atoms with Crippen LogP contribution in [0.2, 0.25) is 0 Å². The van der Waals surface area contributed by atoms with E-state index in [2.05, 4.69) is 13.0 Å². The normalized spacial score (nSPS) is 35.4. The highest BCUT2D eigenvalue weighted by Crippen LogP contribution is 2.57. The molecular weight excluding hydrogens is 596 g/mol. The van der Waals surface area contributed by atoms with Gasteiger partial charge in [0.2, 0.25) is 6.29 Å². The number of aromatic carboxylic acids is 1. The van der Waals surface area contributed by atoms with Gasteiger partial charge in [-0.3, -0.25) is 4.79 Å². The Morgan fingerprint density at radius 2 is 1.93 bits per heavy atom. The lowest BCUT2D eigenvalue weighted by molar-refractivity contribution is -0.325. The van der Waals surface area contributed by atoms with Crippen molar-refractivity contribution in [2.45, 2.75) is 70.2 Å². The molecule has 0 amide bonds.